The lowest BCUT2D eigenvalue weighted by molar-refractivity contribution is -0.143. The number of rotatable bonds is 4. The van der Waals surface area contributed by atoms with Crippen LogP contribution in [0, 0.1) is 10.8 Å². The lowest BCUT2D eigenvalue weighted by atomic mass is 9.52. The molecule has 0 aromatic heterocycles. The molecule has 3 saturated carbocycles. The molecular weight excluding hydrogens is 188 g/mol. The number of carbonyl (C=O) groups is 1. The summed E-state index contributed by atoms with van der Waals surface area (Å²) < 4.78 is 0. The molecule has 0 spiro atoms. The second-order valence-corrected chi connectivity index (χ2v) is 5.82. The Balaban J connectivity index is 2.00. The third-order valence-electron chi connectivity index (χ3n) is 4.86. The monoisotopic (exact) mass is 210 g/mol. The molecular formula is C13H22O2. The number of carboxylic acid groups (broad SMARTS) is 1. The maximum absolute atomic E-state index is 10.9. The molecule has 0 amide bonds. The van der Waals surface area contributed by atoms with E-state index in [9.17, 15) is 4.79 Å². The molecule has 2 nitrogen and oxygen atoms in total. The largest absolute Gasteiger partial charge is 0.481 e. The average molecular weight is 210 g/mol. The zero-order chi connectivity index (χ0) is 10.9. The highest BCUT2D eigenvalue weighted by atomic mass is 16.4. The third kappa shape index (κ3) is 2.04. The predicted molar refractivity (Wildman–Crippen MR) is 59.7 cm³/mol. The lowest BCUT2D eigenvalue weighted by Crippen LogP contribution is -2.42. The van der Waals surface area contributed by atoms with Crippen molar-refractivity contribution >= 4 is 5.97 Å². The van der Waals surface area contributed by atoms with Gasteiger partial charge in [-0.3, -0.25) is 4.79 Å². The minimum absolute atomic E-state index is 0.182. The summed E-state index contributed by atoms with van der Waals surface area (Å²) >= 11 is 0. The molecule has 0 aromatic carbocycles. The van der Waals surface area contributed by atoms with Crippen molar-refractivity contribution < 1.29 is 9.90 Å². The van der Waals surface area contributed by atoms with Gasteiger partial charge in [0, 0.05) is 0 Å². The second kappa shape index (κ2) is 3.80. The molecule has 0 atom stereocenters. The highest BCUT2D eigenvalue weighted by Crippen LogP contribution is 2.59. The van der Waals surface area contributed by atoms with Gasteiger partial charge in [0.2, 0.25) is 0 Å². The quantitative estimate of drug-likeness (QED) is 0.769. The number of aliphatic carboxylic acids is 1. The van der Waals surface area contributed by atoms with Gasteiger partial charge in [0.1, 0.15) is 0 Å². The van der Waals surface area contributed by atoms with Gasteiger partial charge in [-0.1, -0.05) is 13.3 Å². The highest BCUT2D eigenvalue weighted by molar-refractivity contribution is 5.67. The van der Waals surface area contributed by atoms with Gasteiger partial charge in [0.15, 0.2) is 0 Å². The maximum atomic E-state index is 10.9. The summed E-state index contributed by atoms with van der Waals surface area (Å²) in [6.07, 6.45) is 10.4. The van der Waals surface area contributed by atoms with E-state index in [-0.39, 0.29) is 5.41 Å². The van der Waals surface area contributed by atoms with Gasteiger partial charge in [0.25, 0.3) is 0 Å². The number of carboxylic acids is 1. The van der Waals surface area contributed by atoms with Crippen molar-refractivity contribution in [1.29, 1.82) is 0 Å². The number of fused-ring (bicyclic) bond motifs is 3. The molecule has 3 aliphatic carbocycles. The van der Waals surface area contributed by atoms with Gasteiger partial charge in [-0.05, 0) is 55.8 Å². The topological polar surface area (TPSA) is 37.3 Å². The molecule has 0 unspecified atom stereocenters. The standard InChI is InChI=1S/C13H22O2/c1-2-3-12-4-7-13(8-5-12,9-6-12)10-11(14)15/h2-10H2,1H3,(H,14,15). The third-order valence-corrected chi connectivity index (χ3v) is 4.86. The Morgan fingerprint density at radius 2 is 1.53 bits per heavy atom. The van der Waals surface area contributed by atoms with Crippen molar-refractivity contribution in [2.75, 3.05) is 0 Å². The first-order valence-corrected chi connectivity index (χ1v) is 6.32. The van der Waals surface area contributed by atoms with Crippen LogP contribution >= 0.6 is 0 Å². The Kier molecular flexibility index (Phi) is 2.78. The first-order chi connectivity index (χ1) is 7.10. The molecule has 86 valence electrons. The number of hydrogen-bond donors (Lipinski definition) is 1. The second-order valence-electron chi connectivity index (χ2n) is 5.82. The smallest absolute Gasteiger partial charge is 0.303 e. The van der Waals surface area contributed by atoms with Crippen LogP contribution in [-0.2, 0) is 4.79 Å². The van der Waals surface area contributed by atoms with E-state index in [0.717, 1.165) is 0 Å². The fourth-order valence-corrected chi connectivity index (χ4v) is 3.83. The summed E-state index contributed by atoms with van der Waals surface area (Å²) in [4.78, 5) is 10.9. The van der Waals surface area contributed by atoms with E-state index in [4.69, 9.17) is 5.11 Å². The summed E-state index contributed by atoms with van der Waals surface area (Å²) in [6, 6.07) is 0. The van der Waals surface area contributed by atoms with Crippen molar-refractivity contribution in [2.45, 2.75) is 64.7 Å². The van der Waals surface area contributed by atoms with Gasteiger partial charge in [-0.2, -0.15) is 0 Å². The van der Waals surface area contributed by atoms with Crippen LogP contribution in [0.1, 0.15) is 64.7 Å². The predicted octanol–water partition coefficient (Wildman–Crippen LogP) is 3.60. The average Bonchev–Trinajstić information content (AvgIpc) is 2.20. The Morgan fingerprint density at radius 3 is 1.93 bits per heavy atom. The Morgan fingerprint density at radius 1 is 1.07 bits per heavy atom. The van der Waals surface area contributed by atoms with Crippen molar-refractivity contribution in [1.82, 2.24) is 0 Å². The van der Waals surface area contributed by atoms with Crippen LogP contribution in [0.5, 0.6) is 0 Å². The fraction of sp³-hybridized carbons (Fsp3) is 0.923. The lowest BCUT2D eigenvalue weighted by Gasteiger charge is -2.53. The molecule has 2 heteroatoms. The van der Waals surface area contributed by atoms with E-state index in [1.807, 2.05) is 0 Å². The normalized spacial score (nSPS) is 39.3. The molecule has 0 saturated heterocycles. The van der Waals surface area contributed by atoms with E-state index in [0.29, 0.717) is 11.8 Å². The van der Waals surface area contributed by atoms with Crippen molar-refractivity contribution in [3.63, 3.8) is 0 Å². The van der Waals surface area contributed by atoms with Crippen LogP contribution in [-0.4, -0.2) is 11.1 Å². The molecule has 2 bridgehead atoms. The molecule has 0 aromatic rings. The summed E-state index contributed by atoms with van der Waals surface area (Å²) in [7, 11) is 0. The van der Waals surface area contributed by atoms with E-state index >= 15 is 0 Å². The van der Waals surface area contributed by atoms with Crippen LogP contribution in [0.25, 0.3) is 0 Å². The van der Waals surface area contributed by atoms with Crippen molar-refractivity contribution in [3.05, 3.63) is 0 Å². The molecule has 3 fully saturated rings. The van der Waals surface area contributed by atoms with Gasteiger partial charge >= 0.3 is 5.97 Å². The molecule has 0 aliphatic heterocycles. The molecule has 0 radical (unpaired) electrons. The Hall–Kier alpha value is -0.530. The van der Waals surface area contributed by atoms with E-state index in [2.05, 4.69) is 6.92 Å². The van der Waals surface area contributed by atoms with Crippen LogP contribution < -0.4 is 0 Å². The van der Waals surface area contributed by atoms with Gasteiger partial charge in [-0.15, -0.1) is 0 Å². The van der Waals surface area contributed by atoms with Crippen LogP contribution in [0.15, 0.2) is 0 Å². The van der Waals surface area contributed by atoms with E-state index < -0.39 is 5.97 Å². The van der Waals surface area contributed by atoms with E-state index in [1.165, 1.54) is 51.4 Å². The zero-order valence-corrected chi connectivity index (χ0v) is 9.72. The summed E-state index contributed by atoms with van der Waals surface area (Å²) in [5, 5.41) is 8.95. The molecule has 0 heterocycles. The SMILES string of the molecule is CCCC12CCC(CC(=O)O)(CC1)CC2. The minimum atomic E-state index is -0.597. The summed E-state index contributed by atoms with van der Waals surface area (Å²) in [5.74, 6) is -0.597. The van der Waals surface area contributed by atoms with Crippen molar-refractivity contribution in [2.24, 2.45) is 10.8 Å². The molecule has 3 aliphatic rings. The van der Waals surface area contributed by atoms with Gasteiger partial charge in [0.05, 0.1) is 6.42 Å². The molecule has 3 rings (SSSR count). The molecule has 1 N–H and O–H groups in total. The summed E-state index contributed by atoms with van der Waals surface area (Å²) in [6.45, 7) is 2.27. The van der Waals surface area contributed by atoms with Gasteiger partial charge in [-0.25, -0.2) is 0 Å². The van der Waals surface area contributed by atoms with E-state index in [1.54, 1.807) is 0 Å². The zero-order valence-electron chi connectivity index (χ0n) is 9.72. The first-order valence-electron chi connectivity index (χ1n) is 6.32. The first kappa shape index (κ1) is 11.0. The number of hydrogen-bond acceptors (Lipinski definition) is 1. The fourth-order valence-electron chi connectivity index (χ4n) is 3.83. The van der Waals surface area contributed by atoms with Crippen LogP contribution in [0.3, 0.4) is 0 Å². The van der Waals surface area contributed by atoms with Gasteiger partial charge < -0.3 is 5.11 Å². The minimum Gasteiger partial charge on any atom is -0.481 e. The van der Waals surface area contributed by atoms with Crippen LogP contribution in [0.2, 0.25) is 0 Å². The Bertz CT molecular complexity index is 233. The summed E-state index contributed by atoms with van der Waals surface area (Å²) in [5.41, 5.74) is 0.788. The molecule has 15 heavy (non-hydrogen) atoms. The maximum Gasteiger partial charge on any atom is 0.303 e. The van der Waals surface area contributed by atoms with Crippen LogP contribution in [0.4, 0.5) is 0 Å². The highest BCUT2D eigenvalue weighted by Gasteiger charge is 2.48. The van der Waals surface area contributed by atoms with Crippen molar-refractivity contribution in [3.8, 4) is 0 Å². The Labute approximate surface area is 92.1 Å².